The number of hydrogen-bond donors (Lipinski definition) is 1. The first-order valence-electron chi connectivity index (χ1n) is 5.14. The minimum absolute atomic E-state index is 0.448. The zero-order chi connectivity index (χ0) is 11.4. The lowest BCUT2D eigenvalue weighted by Gasteiger charge is -2.21. The third-order valence-corrected chi connectivity index (χ3v) is 2.77. The zero-order valence-corrected chi connectivity index (χ0v) is 9.95. The maximum Gasteiger partial charge on any atom is 0.124 e. The van der Waals surface area contributed by atoms with E-state index in [1.807, 2.05) is 18.2 Å². The maximum absolute atomic E-state index is 5.95. The van der Waals surface area contributed by atoms with Crippen LogP contribution in [0.5, 0.6) is 5.75 Å². The van der Waals surface area contributed by atoms with Gasteiger partial charge in [0.1, 0.15) is 5.75 Å². The first kappa shape index (κ1) is 11.9. The molecule has 1 aromatic carbocycles. The van der Waals surface area contributed by atoms with Gasteiger partial charge in [-0.3, -0.25) is 0 Å². The van der Waals surface area contributed by atoms with Crippen LogP contribution in [0.25, 0.3) is 0 Å². The zero-order valence-electron chi connectivity index (χ0n) is 9.95. The highest BCUT2D eigenvalue weighted by atomic mass is 16.5. The number of rotatable bonds is 4. The first-order chi connectivity index (χ1) is 7.06. The van der Waals surface area contributed by atoms with Crippen LogP contribution in [0, 0.1) is 0 Å². The lowest BCUT2D eigenvalue weighted by atomic mass is 10.0. The molecule has 84 valence electrons. The van der Waals surface area contributed by atoms with Crippen molar-refractivity contribution in [3.8, 4) is 5.75 Å². The van der Waals surface area contributed by atoms with Crippen LogP contribution < -0.4 is 10.5 Å². The van der Waals surface area contributed by atoms with Crippen molar-refractivity contribution in [3.63, 3.8) is 0 Å². The Labute approximate surface area is 91.8 Å². The summed E-state index contributed by atoms with van der Waals surface area (Å²) in [6, 6.07) is 6.23. The summed E-state index contributed by atoms with van der Waals surface area (Å²) in [6.45, 7) is 2.17. The van der Waals surface area contributed by atoms with Crippen molar-refractivity contribution in [2.24, 2.45) is 0 Å². The molecule has 1 unspecified atom stereocenters. The fraction of sp³-hybridized carbons (Fsp3) is 0.500. The van der Waals surface area contributed by atoms with Gasteiger partial charge in [-0.1, -0.05) is 6.07 Å². The van der Waals surface area contributed by atoms with Gasteiger partial charge < -0.3 is 15.4 Å². The van der Waals surface area contributed by atoms with Gasteiger partial charge >= 0.3 is 0 Å². The van der Waals surface area contributed by atoms with Crippen LogP contribution in [0.3, 0.4) is 0 Å². The highest BCUT2D eigenvalue weighted by Crippen LogP contribution is 2.26. The van der Waals surface area contributed by atoms with Gasteiger partial charge in [-0.15, -0.1) is 0 Å². The second kappa shape index (κ2) is 5.03. The third kappa shape index (κ3) is 2.86. The molecule has 0 aliphatic heterocycles. The molecule has 0 amide bonds. The van der Waals surface area contributed by atoms with Crippen LogP contribution >= 0.6 is 0 Å². The van der Waals surface area contributed by atoms with Gasteiger partial charge in [0.25, 0.3) is 0 Å². The Morgan fingerprint density at radius 3 is 2.60 bits per heavy atom. The van der Waals surface area contributed by atoms with Crippen molar-refractivity contribution >= 4 is 5.69 Å². The van der Waals surface area contributed by atoms with Gasteiger partial charge in [-0.25, -0.2) is 0 Å². The van der Waals surface area contributed by atoms with E-state index in [2.05, 4.69) is 25.9 Å². The Kier molecular flexibility index (Phi) is 3.97. The van der Waals surface area contributed by atoms with Gasteiger partial charge in [-0.2, -0.15) is 0 Å². The van der Waals surface area contributed by atoms with Crippen molar-refractivity contribution in [1.29, 1.82) is 0 Å². The largest absolute Gasteiger partial charge is 0.496 e. The fourth-order valence-corrected chi connectivity index (χ4v) is 1.47. The van der Waals surface area contributed by atoms with Crippen molar-refractivity contribution in [1.82, 2.24) is 4.90 Å². The molecule has 2 N–H and O–H groups in total. The predicted molar refractivity (Wildman–Crippen MR) is 64.3 cm³/mol. The van der Waals surface area contributed by atoms with Crippen molar-refractivity contribution in [3.05, 3.63) is 23.8 Å². The SMILES string of the molecule is COc1cccc(N)c1CC(C)N(C)C. The molecule has 0 saturated heterocycles. The topological polar surface area (TPSA) is 38.5 Å². The number of benzene rings is 1. The van der Waals surface area contributed by atoms with Crippen molar-refractivity contribution in [2.75, 3.05) is 26.9 Å². The summed E-state index contributed by atoms with van der Waals surface area (Å²) in [6.07, 6.45) is 0.906. The van der Waals surface area contributed by atoms with Gasteiger partial charge in [0.2, 0.25) is 0 Å². The molecular formula is C12H20N2O. The van der Waals surface area contributed by atoms with E-state index in [4.69, 9.17) is 10.5 Å². The predicted octanol–water partition coefficient (Wildman–Crippen LogP) is 1.77. The van der Waals surface area contributed by atoms with Gasteiger partial charge in [0, 0.05) is 17.3 Å². The molecule has 1 aromatic rings. The summed E-state index contributed by atoms with van der Waals surface area (Å²) in [5.41, 5.74) is 7.85. The van der Waals surface area contributed by atoms with Crippen LogP contribution in [-0.4, -0.2) is 32.1 Å². The minimum Gasteiger partial charge on any atom is -0.496 e. The molecule has 0 saturated carbocycles. The number of anilines is 1. The molecule has 0 aromatic heterocycles. The van der Waals surface area contributed by atoms with E-state index in [9.17, 15) is 0 Å². The van der Waals surface area contributed by atoms with Gasteiger partial charge in [0.15, 0.2) is 0 Å². The summed E-state index contributed by atoms with van der Waals surface area (Å²) >= 11 is 0. The Morgan fingerprint density at radius 2 is 2.07 bits per heavy atom. The molecule has 1 rings (SSSR count). The van der Waals surface area contributed by atoms with Crippen molar-refractivity contribution < 1.29 is 4.74 Å². The molecular weight excluding hydrogens is 188 g/mol. The summed E-state index contributed by atoms with van der Waals surface area (Å²) in [5.74, 6) is 0.878. The number of likely N-dealkylation sites (N-methyl/N-ethyl adjacent to an activating group) is 1. The van der Waals surface area contributed by atoms with E-state index in [1.54, 1.807) is 7.11 Å². The second-order valence-corrected chi connectivity index (χ2v) is 4.04. The molecule has 0 heterocycles. The lowest BCUT2D eigenvalue weighted by Crippen LogP contribution is -2.27. The average Bonchev–Trinajstić information content (AvgIpc) is 2.20. The molecule has 0 bridgehead atoms. The molecule has 3 heteroatoms. The number of nitrogens with two attached hydrogens (primary N) is 1. The molecule has 0 spiro atoms. The lowest BCUT2D eigenvalue weighted by molar-refractivity contribution is 0.309. The molecule has 0 aliphatic carbocycles. The summed E-state index contributed by atoms with van der Waals surface area (Å²) in [4.78, 5) is 2.17. The second-order valence-electron chi connectivity index (χ2n) is 4.04. The quantitative estimate of drug-likeness (QED) is 0.766. The van der Waals surface area contributed by atoms with E-state index < -0.39 is 0 Å². The maximum atomic E-state index is 5.95. The van der Waals surface area contributed by atoms with E-state index in [1.165, 1.54) is 0 Å². The monoisotopic (exact) mass is 208 g/mol. The fourth-order valence-electron chi connectivity index (χ4n) is 1.47. The van der Waals surface area contributed by atoms with E-state index in [-0.39, 0.29) is 0 Å². The highest BCUT2D eigenvalue weighted by Gasteiger charge is 2.12. The summed E-state index contributed by atoms with van der Waals surface area (Å²) in [5, 5.41) is 0. The number of nitrogens with zero attached hydrogens (tertiary/aromatic N) is 1. The van der Waals surface area contributed by atoms with E-state index >= 15 is 0 Å². The Morgan fingerprint density at radius 1 is 1.40 bits per heavy atom. The number of hydrogen-bond acceptors (Lipinski definition) is 3. The molecule has 0 aliphatic rings. The van der Waals surface area contributed by atoms with E-state index in [0.29, 0.717) is 6.04 Å². The molecule has 15 heavy (non-hydrogen) atoms. The number of ether oxygens (including phenoxy) is 1. The standard InChI is InChI=1S/C12H20N2O/c1-9(14(2)3)8-10-11(13)6-5-7-12(10)15-4/h5-7,9H,8,13H2,1-4H3. The molecule has 3 nitrogen and oxygen atoms in total. The Balaban J connectivity index is 2.92. The number of nitrogen functional groups attached to an aromatic ring is 1. The normalized spacial score (nSPS) is 12.9. The molecule has 0 fully saturated rings. The summed E-state index contributed by atoms with van der Waals surface area (Å²) in [7, 11) is 5.81. The van der Waals surface area contributed by atoms with Crippen molar-refractivity contribution in [2.45, 2.75) is 19.4 Å². The van der Waals surface area contributed by atoms with Gasteiger partial charge in [-0.05, 0) is 39.6 Å². The number of methoxy groups -OCH3 is 1. The van der Waals surface area contributed by atoms with Crippen LogP contribution in [0.1, 0.15) is 12.5 Å². The first-order valence-corrected chi connectivity index (χ1v) is 5.14. The molecule has 1 atom stereocenters. The smallest absolute Gasteiger partial charge is 0.124 e. The minimum atomic E-state index is 0.448. The summed E-state index contributed by atoms with van der Waals surface area (Å²) < 4.78 is 5.31. The Bertz CT molecular complexity index is 323. The third-order valence-electron chi connectivity index (χ3n) is 2.77. The average molecular weight is 208 g/mol. The van der Waals surface area contributed by atoms with Crippen LogP contribution in [0.2, 0.25) is 0 Å². The molecule has 0 radical (unpaired) electrons. The highest BCUT2D eigenvalue weighted by molar-refractivity contribution is 5.54. The van der Waals surface area contributed by atoms with Crippen LogP contribution in [-0.2, 0) is 6.42 Å². The van der Waals surface area contributed by atoms with Gasteiger partial charge in [0.05, 0.1) is 7.11 Å². The van der Waals surface area contributed by atoms with E-state index in [0.717, 1.165) is 23.4 Å². The van der Waals surface area contributed by atoms with Crippen LogP contribution in [0.4, 0.5) is 5.69 Å². The van der Waals surface area contributed by atoms with Crippen LogP contribution in [0.15, 0.2) is 18.2 Å². The Hall–Kier alpha value is -1.22.